The Hall–Kier alpha value is -3.22. The molecule has 0 bridgehead atoms. The van der Waals surface area contributed by atoms with E-state index >= 15 is 0 Å². The normalized spacial score (nSPS) is 14.1. The number of allylic oxidation sites excluding steroid dienone is 1. The van der Waals surface area contributed by atoms with Crippen LogP contribution in [0.25, 0.3) is 0 Å². The Morgan fingerprint density at radius 1 is 1.14 bits per heavy atom. The number of carbonyl (C=O) groups is 2. The van der Waals surface area contributed by atoms with Crippen LogP contribution in [0, 0.1) is 0 Å². The molecule has 1 aromatic heterocycles. The van der Waals surface area contributed by atoms with E-state index in [1.165, 1.54) is 11.8 Å². The molecule has 10 nitrogen and oxygen atoms in total. The molecule has 44 heavy (non-hydrogen) atoms. The highest BCUT2D eigenvalue weighted by Crippen LogP contribution is 2.43. The van der Waals surface area contributed by atoms with E-state index < -0.39 is 12.0 Å². The van der Waals surface area contributed by atoms with Crippen molar-refractivity contribution in [3.8, 4) is 11.5 Å². The summed E-state index contributed by atoms with van der Waals surface area (Å²) in [5, 5.41) is 9.24. The first-order chi connectivity index (χ1) is 21.2. The Bertz CT molecular complexity index is 1530. The number of carbonyl (C=O) groups excluding carboxylic acids is 2. The van der Waals surface area contributed by atoms with Gasteiger partial charge in [0.05, 0.1) is 23.3 Å². The Kier molecular flexibility index (Phi) is 12.0. The highest BCUT2D eigenvalue weighted by atomic mass is 79.9. The molecule has 1 aliphatic rings. The minimum Gasteiger partial charge on any atom is -0.490 e. The van der Waals surface area contributed by atoms with Crippen LogP contribution in [0.5, 0.6) is 11.5 Å². The quantitative estimate of drug-likeness (QED) is 0.142. The van der Waals surface area contributed by atoms with Crippen LogP contribution < -0.4 is 14.8 Å². The highest BCUT2D eigenvalue weighted by Gasteiger charge is 2.36. The van der Waals surface area contributed by atoms with Crippen LogP contribution in [-0.4, -0.2) is 64.5 Å². The molecule has 0 radical (unpaired) electrons. The second kappa shape index (κ2) is 15.7. The third-order valence-electron chi connectivity index (χ3n) is 6.91. The van der Waals surface area contributed by atoms with Crippen molar-refractivity contribution < 1.29 is 23.8 Å². The lowest BCUT2D eigenvalue weighted by Crippen LogP contribution is -2.34. The van der Waals surface area contributed by atoms with E-state index in [4.69, 9.17) is 35.9 Å². The number of halogens is 2. The third-order valence-corrected chi connectivity index (χ3v) is 8.75. The summed E-state index contributed by atoms with van der Waals surface area (Å²) < 4.78 is 19.8. The lowest BCUT2D eigenvalue weighted by molar-refractivity contribution is -0.139. The molecule has 2 aromatic carbocycles. The van der Waals surface area contributed by atoms with Crippen molar-refractivity contribution >= 4 is 57.1 Å². The van der Waals surface area contributed by atoms with Crippen molar-refractivity contribution in [1.29, 1.82) is 0 Å². The number of likely N-dealkylation sites (N-methyl/N-ethyl adjacent to an activating group) is 1. The molecule has 0 fully saturated rings. The zero-order valence-corrected chi connectivity index (χ0v) is 28.6. The highest BCUT2D eigenvalue weighted by molar-refractivity contribution is 9.10. The van der Waals surface area contributed by atoms with Crippen molar-refractivity contribution in [2.24, 2.45) is 0 Å². The van der Waals surface area contributed by atoms with Gasteiger partial charge in [0.25, 0.3) is 5.91 Å². The molecule has 0 spiro atoms. The SMILES string of the molecule is CCCOC(=O)C1=C(C)Nc2nc(SCc3ccccc3Cl)nn2C1c1cc(Br)c(OCC(=O)N(CC)CC)c(OCC)c1. The Labute approximate surface area is 275 Å². The fourth-order valence-corrected chi connectivity index (χ4v) is 6.43. The maximum absolute atomic E-state index is 13.5. The van der Waals surface area contributed by atoms with Crippen molar-refractivity contribution in [1.82, 2.24) is 19.7 Å². The summed E-state index contributed by atoms with van der Waals surface area (Å²) in [4.78, 5) is 32.6. The van der Waals surface area contributed by atoms with Gasteiger partial charge in [-0.1, -0.05) is 48.5 Å². The third kappa shape index (κ3) is 7.70. The molecule has 1 N–H and O–H groups in total. The van der Waals surface area contributed by atoms with Crippen LogP contribution in [0.3, 0.4) is 0 Å². The molecule has 2 heterocycles. The van der Waals surface area contributed by atoms with E-state index in [0.29, 0.717) is 80.8 Å². The predicted molar refractivity (Wildman–Crippen MR) is 175 cm³/mol. The maximum atomic E-state index is 13.5. The van der Waals surface area contributed by atoms with Crippen LogP contribution in [0.1, 0.15) is 58.2 Å². The number of fused-ring (bicyclic) bond motifs is 1. The summed E-state index contributed by atoms with van der Waals surface area (Å²) in [6.45, 7) is 11.2. The molecule has 0 aliphatic carbocycles. The number of nitrogens with zero attached hydrogens (tertiary/aromatic N) is 4. The standard InChI is InChI=1S/C31H37BrClN5O5S/c1-6-14-42-29(40)26-19(5)34-30-35-31(44-18-20-12-10-11-13-23(20)33)36-38(30)27(26)21-15-22(32)28(24(16-21)41-9-4)43-17-25(39)37(7-2)8-3/h10-13,15-16,27H,6-9,14,17-18H2,1-5H3,(H,34,35,36). The van der Waals surface area contributed by atoms with Crippen LogP contribution >= 0.6 is 39.3 Å². The van der Waals surface area contributed by atoms with Crippen molar-refractivity contribution in [2.75, 3.05) is 38.2 Å². The minimum absolute atomic E-state index is 0.125. The zero-order chi connectivity index (χ0) is 31.8. The molecule has 4 rings (SSSR count). The Morgan fingerprint density at radius 3 is 2.57 bits per heavy atom. The van der Waals surface area contributed by atoms with E-state index in [-0.39, 0.29) is 19.1 Å². The lowest BCUT2D eigenvalue weighted by atomic mass is 9.95. The predicted octanol–water partition coefficient (Wildman–Crippen LogP) is 6.87. The zero-order valence-electron chi connectivity index (χ0n) is 25.5. The summed E-state index contributed by atoms with van der Waals surface area (Å²) in [7, 11) is 0. The topological polar surface area (TPSA) is 108 Å². The Morgan fingerprint density at radius 2 is 1.89 bits per heavy atom. The summed E-state index contributed by atoms with van der Waals surface area (Å²) in [6.07, 6.45) is 0.686. The average molecular weight is 707 g/mol. The number of amides is 1. The van der Waals surface area contributed by atoms with E-state index in [1.807, 2.05) is 71.0 Å². The summed E-state index contributed by atoms with van der Waals surface area (Å²) in [6, 6.07) is 10.6. The van der Waals surface area contributed by atoms with Gasteiger partial charge >= 0.3 is 5.97 Å². The van der Waals surface area contributed by atoms with E-state index in [1.54, 1.807) is 9.58 Å². The van der Waals surface area contributed by atoms with Crippen LogP contribution in [0.4, 0.5) is 5.95 Å². The molecular formula is C31H37BrClN5O5S. The van der Waals surface area contributed by atoms with E-state index in [2.05, 4.69) is 21.2 Å². The lowest BCUT2D eigenvalue weighted by Gasteiger charge is -2.29. The molecule has 13 heteroatoms. The van der Waals surface area contributed by atoms with Gasteiger partial charge in [0.2, 0.25) is 11.1 Å². The number of rotatable bonds is 14. The van der Waals surface area contributed by atoms with Crippen LogP contribution in [0.2, 0.25) is 5.02 Å². The van der Waals surface area contributed by atoms with Gasteiger partial charge in [0.1, 0.15) is 6.04 Å². The van der Waals surface area contributed by atoms with Crippen LogP contribution in [-0.2, 0) is 20.1 Å². The van der Waals surface area contributed by atoms with Gasteiger partial charge in [0, 0.05) is 29.6 Å². The summed E-state index contributed by atoms with van der Waals surface area (Å²) >= 11 is 11.4. The van der Waals surface area contributed by atoms with Gasteiger partial charge in [-0.15, -0.1) is 5.10 Å². The second-order valence-electron chi connectivity index (χ2n) is 9.86. The first-order valence-corrected chi connectivity index (χ1v) is 16.7. The Balaban J connectivity index is 1.74. The van der Waals surface area contributed by atoms with Crippen molar-refractivity contribution in [3.05, 3.63) is 68.3 Å². The van der Waals surface area contributed by atoms with Gasteiger partial charge in [-0.05, 0) is 79.4 Å². The number of hydrogen-bond acceptors (Lipinski definition) is 9. The monoisotopic (exact) mass is 705 g/mol. The van der Waals surface area contributed by atoms with Gasteiger partial charge in [0.15, 0.2) is 18.1 Å². The first-order valence-electron chi connectivity index (χ1n) is 14.6. The van der Waals surface area contributed by atoms with Gasteiger partial charge in [-0.25, -0.2) is 9.48 Å². The number of ether oxygens (including phenoxy) is 3. The number of benzene rings is 2. The number of hydrogen-bond donors (Lipinski definition) is 1. The average Bonchev–Trinajstić information content (AvgIpc) is 3.41. The molecule has 0 saturated heterocycles. The molecule has 1 aliphatic heterocycles. The number of thioether (sulfide) groups is 1. The van der Waals surface area contributed by atoms with Crippen molar-refractivity contribution in [3.63, 3.8) is 0 Å². The first kappa shape index (κ1) is 33.7. The largest absolute Gasteiger partial charge is 0.490 e. The van der Waals surface area contributed by atoms with Gasteiger partial charge in [-0.3, -0.25) is 4.79 Å². The summed E-state index contributed by atoms with van der Waals surface area (Å²) in [5.74, 6) is 1.31. The molecule has 0 saturated carbocycles. The summed E-state index contributed by atoms with van der Waals surface area (Å²) in [5.41, 5.74) is 2.67. The molecule has 3 aromatic rings. The molecular weight excluding hydrogens is 670 g/mol. The van der Waals surface area contributed by atoms with E-state index in [9.17, 15) is 9.59 Å². The molecule has 1 atom stereocenters. The van der Waals surface area contributed by atoms with Crippen LogP contribution in [0.15, 0.2) is 57.3 Å². The molecule has 236 valence electrons. The van der Waals surface area contributed by atoms with Gasteiger partial charge < -0.3 is 24.4 Å². The fraction of sp³-hybridized carbons (Fsp3) is 0.419. The molecule has 1 amide bonds. The molecule has 1 unspecified atom stereocenters. The fourth-order valence-electron chi connectivity index (χ4n) is 4.75. The maximum Gasteiger partial charge on any atom is 0.338 e. The van der Waals surface area contributed by atoms with E-state index in [0.717, 1.165) is 5.56 Å². The van der Waals surface area contributed by atoms with Gasteiger partial charge in [-0.2, -0.15) is 4.98 Å². The number of anilines is 1. The number of esters is 1. The minimum atomic E-state index is -0.681. The van der Waals surface area contributed by atoms with Crippen molar-refractivity contribution in [2.45, 2.75) is 58.0 Å². The number of aromatic nitrogens is 3. The smallest absolute Gasteiger partial charge is 0.338 e. The number of nitrogens with one attached hydrogen (secondary N) is 1. The second-order valence-corrected chi connectivity index (χ2v) is 12.1.